The van der Waals surface area contributed by atoms with Crippen molar-refractivity contribution >= 4 is 16.9 Å². The molecule has 1 atom stereocenters. The molecule has 1 unspecified atom stereocenters. The number of aromatic amines is 1. The Kier molecular flexibility index (Phi) is 6.00. The molecular weight excluding hydrogens is 464 g/mol. The van der Waals surface area contributed by atoms with E-state index in [0.717, 1.165) is 22.2 Å². The van der Waals surface area contributed by atoms with E-state index in [9.17, 15) is 9.18 Å². The molecule has 6 nitrogen and oxygen atoms in total. The molecule has 4 aromatic rings. The number of carboxylic acids is 1. The average molecular weight is 492 g/mol. The van der Waals surface area contributed by atoms with Crippen LogP contribution >= 0.6 is 0 Å². The zero-order chi connectivity index (χ0) is 25.6. The molecule has 0 saturated carbocycles. The monoisotopic (exact) mass is 491 g/mol. The average Bonchev–Trinajstić information content (AvgIpc) is 3.22. The van der Waals surface area contributed by atoms with Crippen LogP contribution in [-0.2, 0) is 6.42 Å². The van der Waals surface area contributed by atoms with E-state index in [1.807, 2.05) is 29.2 Å². The highest BCUT2D eigenvalue weighted by Crippen LogP contribution is 2.44. The van der Waals surface area contributed by atoms with Crippen LogP contribution < -0.4 is 4.74 Å². The summed E-state index contributed by atoms with van der Waals surface area (Å²) in [6.07, 6.45) is 1.95. The van der Waals surface area contributed by atoms with Crippen LogP contribution in [0.15, 0.2) is 54.7 Å². The van der Waals surface area contributed by atoms with Crippen molar-refractivity contribution in [2.45, 2.75) is 32.0 Å². The Labute approximate surface area is 207 Å². The molecule has 2 aromatic carbocycles. The third-order valence-electron chi connectivity index (χ3n) is 6.60. The van der Waals surface area contributed by atoms with Crippen molar-refractivity contribution in [2.24, 2.45) is 0 Å². The zero-order valence-corrected chi connectivity index (χ0v) is 20.3. The van der Waals surface area contributed by atoms with Crippen molar-refractivity contribution in [2.75, 3.05) is 20.2 Å². The van der Waals surface area contributed by atoms with Gasteiger partial charge in [0, 0.05) is 41.4 Å². The predicted octanol–water partition coefficient (Wildman–Crippen LogP) is 5.77. The molecule has 1 aliphatic rings. The second-order valence-corrected chi connectivity index (χ2v) is 9.72. The van der Waals surface area contributed by atoms with Crippen LogP contribution in [0.4, 0.5) is 8.78 Å². The number of methoxy groups -OCH3 is 1. The molecule has 0 fully saturated rings. The molecule has 0 spiro atoms. The number of hydrogen-bond acceptors (Lipinski definition) is 4. The van der Waals surface area contributed by atoms with Gasteiger partial charge in [-0.3, -0.25) is 9.88 Å². The minimum atomic E-state index is -1.48. The lowest BCUT2D eigenvalue weighted by Crippen LogP contribution is -2.43. The lowest BCUT2D eigenvalue weighted by atomic mass is 9.89. The summed E-state index contributed by atoms with van der Waals surface area (Å²) in [4.78, 5) is 20.8. The van der Waals surface area contributed by atoms with Gasteiger partial charge >= 0.3 is 5.97 Å². The molecule has 2 N–H and O–H groups in total. The number of nitrogens with one attached hydrogen (secondary N) is 1. The third-order valence-corrected chi connectivity index (χ3v) is 6.60. The van der Waals surface area contributed by atoms with E-state index in [2.05, 4.69) is 9.97 Å². The van der Waals surface area contributed by atoms with Gasteiger partial charge in [-0.25, -0.2) is 13.6 Å². The van der Waals surface area contributed by atoms with E-state index in [1.54, 1.807) is 6.07 Å². The number of alkyl halides is 1. The quantitative estimate of drug-likeness (QED) is 0.358. The Morgan fingerprint density at radius 1 is 1.25 bits per heavy atom. The minimum Gasteiger partial charge on any atom is -0.496 e. The second kappa shape index (κ2) is 9.02. The number of pyridine rings is 1. The van der Waals surface area contributed by atoms with Crippen molar-refractivity contribution in [3.63, 3.8) is 0 Å². The van der Waals surface area contributed by atoms with Crippen LogP contribution in [-0.4, -0.2) is 51.8 Å². The van der Waals surface area contributed by atoms with Gasteiger partial charge in [0.2, 0.25) is 0 Å². The molecule has 0 aliphatic carbocycles. The normalized spacial score (nSPS) is 16.2. The van der Waals surface area contributed by atoms with Crippen LogP contribution in [0.3, 0.4) is 0 Å². The van der Waals surface area contributed by atoms with Crippen molar-refractivity contribution in [1.29, 1.82) is 0 Å². The molecule has 0 saturated heterocycles. The van der Waals surface area contributed by atoms with E-state index < -0.39 is 23.5 Å². The fraction of sp³-hybridized carbons (Fsp3) is 0.286. The number of halogens is 2. The van der Waals surface area contributed by atoms with Crippen LogP contribution in [0.25, 0.3) is 22.2 Å². The van der Waals surface area contributed by atoms with Crippen LogP contribution in [0.2, 0.25) is 0 Å². The Morgan fingerprint density at radius 3 is 2.69 bits per heavy atom. The summed E-state index contributed by atoms with van der Waals surface area (Å²) in [6.45, 7) is 3.73. The van der Waals surface area contributed by atoms with Gasteiger partial charge in [-0.2, -0.15) is 0 Å². The first kappa shape index (κ1) is 23.9. The summed E-state index contributed by atoms with van der Waals surface area (Å²) < 4.78 is 36.5. The maximum atomic E-state index is 16.0. The van der Waals surface area contributed by atoms with Gasteiger partial charge in [-0.05, 0) is 56.2 Å². The minimum absolute atomic E-state index is 0.0424. The number of ether oxygens (including phenoxy) is 1. The lowest BCUT2D eigenvalue weighted by Gasteiger charge is -2.39. The largest absolute Gasteiger partial charge is 0.496 e. The number of hydrogen-bond donors (Lipinski definition) is 2. The Bertz CT molecular complexity index is 1440. The number of carbonyl (C=O) groups is 1. The number of aromatic nitrogens is 2. The highest BCUT2D eigenvalue weighted by Gasteiger charge is 2.38. The SMILES string of the molecule is COc1cc(-c2ccc(C(=O)O)cn2)cc(F)c1C1c2[nH]c3ccccc3c2CCN1CC(C)(C)F. The molecule has 0 amide bonds. The van der Waals surface area contributed by atoms with Gasteiger partial charge in [0.05, 0.1) is 30.0 Å². The molecule has 3 heterocycles. The first-order valence-electron chi connectivity index (χ1n) is 11.8. The smallest absolute Gasteiger partial charge is 0.337 e. The standard InChI is InChI=1S/C28H27F2N3O3/c1-28(2,30)15-33-11-10-19-18-6-4-5-7-22(18)32-25(19)26(33)24-20(29)12-17(13-23(24)36-3)21-9-8-16(14-31-21)27(34)35/h4-9,12-14,26,32H,10-11,15H2,1-3H3,(H,34,35). The second-order valence-electron chi connectivity index (χ2n) is 9.72. The van der Waals surface area contributed by atoms with E-state index in [-0.39, 0.29) is 12.1 Å². The summed E-state index contributed by atoms with van der Waals surface area (Å²) >= 11 is 0. The number of aromatic carboxylic acids is 1. The summed E-state index contributed by atoms with van der Waals surface area (Å²) in [5.41, 5.74) is 2.63. The van der Waals surface area contributed by atoms with Gasteiger partial charge in [0.15, 0.2) is 0 Å². The topological polar surface area (TPSA) is 78.5 Å². The number of nitrogens with zero attached hydrogens (tertiary/aromatic N) is 2. The number of rotatable bonds is 6. The maximum Gasteiger partial charge on any atom is 0.337 e. The third kappa shape index (κ3) is 4.33. The van der Waals surface area contributed by atoms with Gasteiger partial charge in [-0.1, -0.05) is 18.2 Å². The molecule has 5 rings (SSSR count). The summed E-state index contributed by atoms with van der Waals surface area (Å²) in [6, 6.07) is 13.4. The van der Waals surface area contributed by atoms with Crippen LogP contribution in [0.1, 0.15) is 47.1 Å². The summed E-state index contributed by atoms with van der Waals surface area (Å²) in [5.74, 6) is -1.28. The summed E-state index contributed by atoms with van der Waals surface area (Å²) in [5, 5.41) is 10.2. The maximum absolute atomic E-state index is 16.0. The number of benzene rings is 2. The predicted molar refractivity (Wildman–Crippen MR) is 134 cm³/mol. The molecule has 36 heavy (non-hydrogen) atoms. The molecule has 0 bridgehead atoms. The number of carboxylic acid groups (broad SMARTS) is 1. The fourth-order valence-electron chi connectivity index (χ4n) is 5.14. The Morgan fingerprint density at radius 2 is 2.03 bits per heavy atom. The molecule has 186 valence electrons. The highest BCUT2D eigenvalue weighted by molar-refractivity contribution is 5.87. The van der Waals surface area contributed by atoms with E-state index in [4.69, 9.17) is 9.84 Å². The molecular formula is C28H27F2N3O3. The van der Waals surface area contributed by atoms with E-state index in [0.29, 0.717) is 35.5 Å². The first-order valence-corrected chi connectivity index (χ1v) is 11.8. The van der Waals surface area contributed by atoms with Crippen molar-refractivity contribution in [3.05, 3.63) is 82.9 Å². The number of fused-ring (bicyclic) bond motifs is 3. The van der Waals surface area contributed by atoms with Gasteiger partial charge in [0.25, 0.3) is 0 Å². The van der Waals surface area contributed by atoms with Crippen molar-refractivity contribution in [1.82, 2.24) is 14.9 Å². The van der Waals surface area contributed by atoms with Gasteiger partial charge < -0.3 is 14.8 Å². The van der Waals surface area contributed by atoms with Crippen LogP contribution in [0.5, 0.6) is 5.75 Å². The fourth-order valence-corrected chi connectivity index (χ4v) is 5.14. The van der Waals surface area contributed by atoms with Crippen molar-refractivity contribution in [3.8, 4) is 17.0 Å². The zero-order valence-electron chi connectivity index (χ0n) is 20.3. The van der Waals surface area contributed by atoms with E-state index >= 15 is 4.39 Å². The Hall–Kier alpha value is -3.78. The molecule has 1 aliphatic heterocycles. The van der Waals surface area contributed by atoms with Gasteiger partial charge in [-0.15, -0.1) is 0 Å². The lowest BCUT2D eigenvalue weighted by molar-refractivity contribution is 0.0696. The first-order chi connectivity index (χ1) is 17.2. The van der Waals surface area contributed by atoms with Crippen LogP contribution in [0, 0.1) is 5.82 Å². The molecule has 0 radical (unpaired) electrons. The highest BCUT2D eigenvalue weighted by atomic mass is 19.1. The van der Waals surface area contributed by atoms with Gasteiger partial charge in [0.1, 0.15) is 17.2 Å². The van der Waals surface area contributed by atoms with Crippen molar-refractivity contribution < 1.29 is 23.4 Å². The number of H-pyrrole nitrogens is 1. The molecule has 2 aromatic heterocycles. The molecule has 8 heteroatoms. The Balaban J connectivity index is 1.66. The summed E-state index contributed by atoms with van der Waals surface area (Å²) in [7, 11) is 1.47. The van der Waals surface area contributed by atoms with E-state index in [1.165, 1.54) is 45.4 Å². The number of para-hydroxylation sites is 1.